The van der Waals surface area contributed by atoms with Gasteiger partial charge in [-0.05, 0) is 43.1 Å². The summed E-state index contributed by atoms with van der Waals surface area (Å²) >= 11 is 0. The number of carbonyl (C=O) groups is 2. The summed E-state index contributed by atoms with van der Waals surface area (Å²) in [6.07, 6.45) is 4.64. The van der Waals surface area contributed by atoms with Gasteiger partial charge in [0, 0.05) is 12.3 Å². The van der Waals surface area contributed by atoms with Crippen molar-refractivity contribution in [3.63, 3.8) is 0 Å². The summed E-state index contributed by atoms with van der Waals surface area (Å²) in [5.41, 5.74) is 0.958. The first kappa shape index (κ1) is 24.6. The van der Waals surface area contributed by atoms with Crippen LogP contribution in [0.3, 0.4) is 0 Å². The summed E-state index contributed by atoms with van der Waals surface area (Å²) in [5, 5.41) is 39.1. The molecule has 0 aromatic carbocycles. The Labute approximate surface area is 178 Å². The first-order valence-electron chi connectivity index (χ1n) is 11.0. The second-order valence-electron chi connectivity index (χ2n) is 8.88. The van der Waals surface area contributed by atoms with Gasteiger partial charge in [0.05, 0.1) is 30.7 Å². The third-order valence-electron chi connectivity index (χ3n) is 6.44. The van der Waals surface area contributed by atoms with E-state index in [2.05, 4.69) is 13.0 Å². The lowest BCUT2D eigenvalue weighted by Gasteiger charge is -2.43. The van der Waals surface area contributed by atoms with E-state index in [9.17, 15) is 24.9 Å². The quantitative estimate of drug-likeness (QED) is 0.397. The van der Waals surface area contributed by atoms with Gasteiger partial charge in [0.2, 0.25) is 0 Å². The van der Waals surface area contributed by atoms with Gasteiger partial charge in [-0.15, -0.1) is 0 Å². The topological polar surface area (TPSA) is 124 Å². The van der Waals surface area contributed by atoms with Crippen molar-refractivity contribution in [2.45, 2.75) is 83.7 Å². The van der Waals surface area contributed by atoms with E-state index in [0.29, 0.717) is 25.7 Å². The van der Waals surface area contributed by atoms with Crippen LogP contribution < -0.4 is 0 Å². The number of allylic oxidation sites excluding steroid dienone is 2. The monoisotopic (exact) mass is 424 g/mol. The Morgan fingerprint density at radius 3 is 2.60 bits per heavy atom. The van der Waals surface area contributed by atoms with E-state index >= 15 is 0 Å². The summed E-state index contributed by atoms with van der Waals surface area (Å²) in [4.78, 5) is 23.1. The van der Waals surface area contributed by atoms with Crippen LogP contribution in [0.15, 0.2) is 23.8 Å². The summed E-state index contributed by atoms with van der Waals surface area (Å²) in [6, 6.07) is 0. The van der Waals surface area contributed by atoms with Crippen molar-refractivity contribution in [3.05, 3.63) is 23.8 Å². The second-order valence-corrected chi connectivity index (χ2v) is 8.88. The molecule has 0 bridgehead atoms. The minimum Gasteiger partial charge on any atom is -0.481 e. The molecule has 0 aromatic rings. The highest BCUT2D eigenvalue weighted by atomic mass is 16.5. The van der Waals surface area contributed by atoms with Gasteiger partial charge >= 0.3 is 11.9 Å². The van der Waals surface area contributed by atoms with Crippen LogP contribution in [0.1, 0.15) is 59.3 Å². The average molecular weight is 425 g/mol. The summed E-state index contributed by atoms with van der Waals surface area (Å²) in [7, 11) is 0. The van der Waals surface area contributed by atoms with Crippen molar-refractivity contribution in [2.75, 3.05) is 0 Å². The van der Waals surface area contributed by atoms with Crippen LogP contribution in [-0.2, 0) is 14.3 Å². The number of carboxylic acids is 1. The molecule has 170 valence electrons. The standard InChI is InChI=1S/C23H36O7/c1-4-13(2)23(29)30-20-11-17(25)9-15-6-5-14(3)19(22(15)20)8-7-16(24)10-18(26)12-21(27)28/h5-6,9,13-14,16-20,22,24-26H,4,7-8,10-12H2,1-3H3,(H,27,28)/t13-,14-,16+,17+,18+,19-,20-,22?/m0/s1. The zero-order valence-electron chi connectivity index (χ0n) is 18.1. The van der Waals surface area contributed by atoms with Crippen LogP contribution in [0.25, 0.3) is 0 Å². The molecule has 0 saturated heterocycles. The van der Waals surface area contributed by atoms with E-state index in [1.165, 1.54) is 0 Å². The zero-order valence-corrected chi connectivity index (χ0v) is 18.1. The lowest BCUT2D eigenvalue weighted by Crippen LogP contribution is -2.43. The third-order valence-corrected chi connectivity index (χ3v) is 6.44. The number of aliphatic hydroxyl groups is 3. The number of aliphatic hydroxyl groups excluding tert-OH is 3. The van der Waals surface area contributed by atoms with Gasteiger partial charge in [-0.3, -0.25) is 9.59 Å². The smallest absolute Gasteiger partial charge is 0.308 e. The summed E-state index contributed by atoms with van der Waals surface area (Å²) in [6.45, 7) is 5.85. The van der Waals surface area contributed by atoms with Crippen molar-refractivity contribution >= 4 is 11.9 Å². The van der Waals surface area contributed by atoms with Gasteiger partial charge in [-0.2, -0.15) is 0 Å². The molecule has 0 aromatic heterocycles. The van der Waals surface area contributed by atoms with Crippen LogP contribution in [0.2, 0.25) is 0 Å². The summed E-state index contributed by atoms with van der Waals surface area (Å²) in [5.74, 6) is -1.31. The Hall–Kier alpha value is -1.70. The number of rotatable bonds is 10. The molecule has 2 aliphatic rings. The molecule has 2 rings (SSSR count). The minimum absolute atomic E-state index is 0.0156. The largest absolute Gasteiger partial charge is 0.481 e. The Kier molecular flexibility index (Phi) is 9.07. The predicted octanol–water partition coefficient (Wildman–Crippen LogP) is 2.44. The lowest BCUT2D eigenvalue weighted by atomic mass is 9.66. The highest BCUT2D eigenvalue weighted by Crippen LogP contribution is 2.44. The molecular weight excluding hydrogens is 388 g/mol. The fraction of sp³-hybridized carbons (Fsp3) is 0.739. The minimum atomic E-state index is -1.10. The van der Waals surface area contributed by atoms with E-state index < -0.39 is 30.4 Å². The average Bonchev–Trinajstić information content (AvgIpc) is 2.65. The highest BCUT2D eigenvalue weighted by molar-refractivity contribution is 5.72. The molecule has 30 heavy (non-hydrogen) atoms. The van der Waals surface area contributed by atoms with E-state index in [1.807, 2.05) is 26.0 Å². The molecule has 8 atom stereocenters. The molecule has 2 aliphatic carbocycles. The molecule has 0 saturated carbocycles. The Bertz CT molecular complexity index is 656. The first-order valence-corrected chi connectivity index (χ1v) is 11.0. The molecule has 1 unspecified atom stereocenters. The highest BCUT2D eigenvalue weighted by Gasteiger charge is 2.42. The third kappa shape index (κ3) is 6.65. The van der Waals surface area contributed by atoms with Crippen LogP contribution >= 0.6 is 0 Å². The van der Waals surface area contributed by atoms with Crippen molar-refractivity contribution < 1.29 is 34.8 Å². The van der Waals surface area contributed by atoms with Gasteiger partial charge in [-0.25, -0.2) is 0 Å². The van der Waals surface area contributed by atoms with E-state index in [1.54, 1.807) is 0 Å². The molecule has 0 fully saturated rings. The van der Waals surface area contributed by atoms with Gasteiger partial charge in [0.15, 0.2) is 0 Å². The van der Waals surface area contributed by atoms with Crippen LogP contribution in [-0.4, -0.2) is 56.8 Å². The number of fused-ring (bicyclic) bond motifs is 1. The van der Waals surface area contributed by atoms with E-state index in [4.69, 9.17) is 9.84 Å². The summed E-state index contributed by atoms with van der Waals surface area (Å²) < 4.78 is 5.84. The van der Waals surface area contributed by atoms with Crippen molar-refractivity contribution in [1.82, 2.24) is 0 Å². The molecule has 7 nitrogen and oxygen atoms in total. The molecule has 0 spiro atoms. The van der Waals surface area contributed by atoms with Crippen molar-refractivity contribution in [2.24, 2.45) is 23.7 Å². The maximum atomic E-state index is 12.4. The maximum Gasteiger partial charge on any atom is 0.308 e. The van der Waals surface area contributed by atoms with Crippen LogP contribution in [0.4, 0.5) is 0 Å². The normalized spacial score (nSPS) is 31.3. The number of ether oxygens (including phenoxy) is 1. The Morgan fingerprint density at radius 2 is 1.97 bits per heavy atom. The molecular formula is C23H36O7. The first-order chi connectivity index (χ1) is 14.1. The number of hydrogen-bond donors (Lipinski definition) is 4. The Balaban J connectivity index is 2.09. The zero-order chi connectivity index (χ0) is 22.4. The number of esters is 1. The fourth-order valence-corrected chi connectivity index (χ4v) is 4.52. The molecule has 0 radical (unpaired) electrons. The lowest BCUT2D eigenvalue weighted by molar-refractivity contribution is -0.159. The maximum absolute atomic E-state index is 12.4. The van der Waals surface area contributed by atoms with Gasteiger partial charge < -0.3 is 25.2 Å². The van der Waals surface area contributed by atoms with Gasteiger partial charge in [-0.1, -0.05) is 39.0 Å². The molecule has 4 N–H and O–H groups in total. The molecule has 7 heteroatoms. The number of carbonyl (C=O) groups excluding carboxylic acids is 1. The predicted molar refractivity (Wildman–Crippen MR) is 111 cm³/mol. The van der Waals surface area contributed by atoms with E-state index in [-0.39, 0.29) is 42.5 Å². The number of aliphatic carboxylic acids is 1. The fourth-order valence-electron chi connectivity index (χ4n) is 4.52. The SMILES string of the molecule is CC[C@H](C)C(=O)O[C@H]1C[C@H](O)C=C2C=C[C@H](C)[C@H](CC[C@@H](O)C[C@@H](O)CC(=O)O)C21. The van der Waals surface area contributed by atoms with Gasteiger partial charge in [0.1, 0.15) is 6.10 Å². The molecule has 0 aliphatic heterocycles. The second kappa shape index (κ2) is 11.1. The van der Waals surface area contributed by atoms with Crippen LogP contribution in [0.5, 0.6) is 0 Å². The number of carboxylic acid groups (broad SMARTS) is 1. The van der Waals surface area contributed by atoms with E-state index in [0.717, 1.165) is 5.57 Å². The van der Waals surface area contributed by atoms with Crippen LogP contribution in [0, 0.1) is 23.7 Å². The van der Waals surface area contributed by atoms with Gasteiger partial charge in [0.25, 0.3) is 0 Å². The Morgan fingerprint density at radius 1 is 1.27 bits per heavy atom. The number of hydrogen-bond acceptors (Lipinski definition) is 6. The van der Waals surface area contributed by atoms with Crippen molar-refractivity contribution in [1.29, 1.82) is 0 Å². The molecule has 0 amide bonds. The molecule has 0 heterocycles. The van der Waals surface area contributed by atoms with Crippen molar-refractivity contribution in [3.8, 4) is 0 Å².